The van der Waals surface area contributed by atoms with Gasteiger partial charge < -0.3 is 27.0 Å². The van der Waals surface area contributed by atoms with Crippen molar-refractivity contribution in [2.24, 2.45) is 16.5 Å². The van der Waals surface area contributed by atoms with Crippen molar-refractivity contribution in [2.45, 2.75) is 57.0 Å². The maximum Gasteiger partial charge on any atom is 0.490 e. The SMILES string of the molecule is Cc1ccc2nc(NC(=O)c3cccc(Cl)c3)nc(NC3CCCCC3N=C(N)N)c2c1.O=C(O)C(F)(F)F.O=C(O)C(F)(F)F. The summed E-state index contributed by atoms with van der Waals surface area (Å²) in [6, 6.07) is 12.6. The zero-order valence-electron chi connectivity index (χ0n) is 23.8. The molecule has 1 amide bonds. The molecule has 1 aliphatic carbocycles. The van der Waals surface area contributed by atoms with Crippen molar-refractivity contribution in [1.82, 2.24) is 9.97 Å². The first-order valence-corrected chi connectivity index (χ1v) is 13.5. The predicted octanol–water partition coefficient (Wildman–Crippen LogP) is 5.11. The van der Waals surface area contributed by atoms with Crippen LogP contribution >= 0.6 is 11.6 Å². The molecule has 8 N–H and O–H groups in total. The van der Waals surface area contributed by atoms with Crippen LogP contribution in [0.5, 0.6) is 0 Å². The largest absolute Gasteiger partial charge is 0.490 e. The van der Waals surface area contributed by atoms with Gasteiger partial charge in [-0.05, 0) is 50.1 Å². The van der Waals surface area contributed by atoms with Crippen LogP contribution in [0, 0.1) is 6.92 Å². The topological polar surface area (TPSA) is 206 Å². The molecule has 0 saturated heterocycles. The normalized spacial score (nSPS) is 16.1. The number of guanidine groups is 1. The maximum atomic E-state index is 12.7. The number of benzene rings is 2. The van der Waals surface area contributed by atoms with Gasteiger partial charge in [0.1, 0.15) is 5.82 Å². The number of carbonyl (C=O) groups excluding carboxylic acids is 1. The van der Waals surface area contributed by atoms with Crippen LogP contribution in [0.3, 0.4) is 0 Å². The van der Waals surface area contributed by atoms with Gasteiger partial charge in [0.2, 0.25) is 5.95 Å². The van der Waals surface area contributed by atoms with E-state index < -0.39 is 24.3 Å². The number of carbonyl (C=O) groups is 3. The molecule has 2 unspecified atom stereocenters. The summed E-state index contributed by atoms with van der Waals surface area (Å²) in [7, 11) is 0. The third-order valence-corrected chi connectivity index (χ3v) is 6.25. The molecule has 0 radical (unpaired) electrons. The van der Waals surface area contributed by atoms with Gasteiger partial charge in [-0.1, -0.05) is 42.1 Å². The van der Waals surface area contributed by atoms with Crippen molar-refractivity contribution in [3.05, 3.63) is 58.6 Å². The number of aliphatic carboxylic acids is 2. The van der Waals surface area contributed by atoms with Crippen LogP contribution in [0.1, 0.15) is 41.6 Å². The first-order valence-electron chi connectivity index (χ1n) is 13.1. The quantitative estimate of drug-likeness (QED) is 0.119. The smallest absolute Gasteiger partial charge is 0.475 e. The lowest BCUT2D eigenvalue weighted by Crippen LogP contribution is -2.38. The highest BCUT2D eigenvalue weighted by Gasteiger charge is 2.39. The average molecular weight is 680 g/mol. The van der Waals surface area contributed by atoms with Crippen molar-refractivity contribution < 1.29 is 50.9 Å². The molecule has 0 bridgehead atoms. The van der Waals surface area contributed by atoms with Crippen LogP contribution < -0.4 is 22.1 Å². The Morgan fingerprint density at radius 3 is 2.07 bits per heavy atom. The lowest BCUT2D eigenvalue weighted by Gasteiger charge is -2.30. The van der Waals surface area contributed by atoms with Crippen LogP contribution in [0.2, 0.25) is 5.02 Å². The van der Waals surface area contributed by atoms with Gasteiger partial charge in [0.15, 0.2) is 5.96 Å². The van der Waals surface area contributed by atoms with Crippen LogP contribution in [0.25, 0.3) is 10.9 Å². The van der Waals surface area contributed by atoms with Crippen LogP contribution in [-0.4, -0.2) is 68.4 Å². The number of nitrogens with one attached hydrogen (secondary N) is 2. The lowest BCUT2D eigenvalue weighted by molar-refractivity contribution is -0.193. The molecule has 1 aromatic heterocycles. The molecule has 3 aromatic rings. The number of alkyl halides is 6. The predicted molar refractivity (Wildman–Crippen MR) is 157 cm³/mol. The Bertz CT molecular complexity index is 1560. The van der Waals surface area contributed by atoms with Crippen LogP contribution in [0.15, 0.2) is 47.5 Å². The fourth-order valence-electron chi connectivity index (χ4n) is 4.01. The fraction of sp³-hybridized carbons (Fsp3) is 0.333. The van der Waals surface area contributed by atoms with E-state index in [0.29, 0.717) is 16.4 Å². The number of hydrogen-bond donors (Lipinski definition) is 6. The van der Waals surface area contributed by atoms with Crippen molar-refractivity contribution in [1.29, 1.82) is 0 Å². The average Bonchev–Trinajstić information content (AvgIpc) is 2.94. The molecular formula is C27H28ClF6N7O5. The Labute approximate surface area is 261 Å². The Kier molecular flexibility index (Phi) is 12.9. The number of rotatable bonds is 5. The Morgan fingerprint density at radius 1 is 0.935 bits per heavy atom. The minimum Gasteiger partial charge on any atom is -0.475 e. The second-order valence-corrected chi connectivity index (χ2v) is 10.1. The molecular weight excluding hydrogens is 652 g/mol. The minimum absolute atomic E-state index is 0.0287. The van der Waals surface area contributed by atoms with Crippen molar-refractivity contribution >= 4 is 58.1 Å². The number of nitrogens with two attached hydrogens (primary N) is 2. The number of hydrogen-bond acceptors (Lipinski definition) is 7. The summed E-state index contributed by atoms with van der Waals surface area (Å²) in [5.74, 6) is -4.91. The second kappa shape index (κ2) is 15.9. The van der Waals surface area contributed by atoms with Crippen molar-refractivity contribution in [2.75, 3.05) is 10.6 Å². The fourth-order valence-corrected chi connectivity index (χ4v) is 4.20. The molecule has 1 fully saturated rings. The van der Waals surface area contributed by atoms with Gasteiger partial charge in [0.05, 0.1) is 17.6 Å². The standard InChI is InChI=1S/C23H26ClN7O.2C2HF3O2/c1-13-9-10-17-16(11-13)20(27-18-7-2-3-8-19(18)28-22(25)26)30-23(29-17)31-21(32)14-5-4-6-15(24)12-14;2*3-2(4,5)1(6)7/h4-6,9-12,18-19H,2-3,7-8H2,1H3,(H4,25,26,28)(H2,27,29,30,31,32);2*(H,6,7). The van der Waals surface area contributed by atoms with Gasteiger partial charge >= 0.3 is 24.3 Å². The van der Waals surface area contributed by atoms with E-state index >= 15 is 0 Å². The van der Waals surface area contributed by atoms with E-state index in [-0.39, 0.29) is 29.9 Å². The second-order valence-electron chi connectivity index (χ2n) is 9.64. The summed E-state index contributed by atoms with van der Waals surface area (Å²) in [4.78, 5) is 44.1. The van der Waals surface area contributed by atoms with Crippen molar-refractivity contribution in [3.63, 3.8) is 0 Å². The van der Waals surface area contributed by atoms with Gasteiger partial charge in [-0.25, -0.2) is 19.6 Å². The molecule has 19 heteroatoms. The third kappa shape index (κ3) is 11.9. The van der Waals surface area contributed by atoms with Gasteiger partial charge in [-0.3, -0.25) is 10.1 Å². The highest BCUT2D eigenvalue weighted by molar-refractivity contribution is 6.31. The molecule has 0 aliphatic heterocycles. The van der Waals surface area contributed by atoms with Gasteiger partial charge in [-0.2, -0.15) is 31.3 Å². The van der Waals surface area contributed by atoms with Crippen molar-refractivity contribution in [3.8, 4) is 0 Å². The molecule has 12 nitrogen and oxygen atoms in total. The Hall–Kier alpha value is -4.87. The maximum absolute atomic E-state index is 12.7. The summed E-state index contributed by atoms with van der Waals surface area (Å²) in [6.07, 6.45) is -6.20. The van der Waals surface area contributed by atoms with Gasteiger partial charge in [-0.15, -0.1) is 0 Å². The molecule has 2 aromatic carbocycles. The van der Waals surface area contributed by atoms with E-state index in [1.807, 2.05) is 25.1 Å². The molecule has 1 saturated carbocycles. The van der Waals surface area contributed by atoms with Crippen LogP contribution in [-0.2, 0) is 9.59 Å². The van der Waals surface area contributed by atoms with E-state index in [1.165, 1.54) is 0 Å². The molecule has 1 heterocycles. The number of aromatic nitrogens is 2. The Morgan fingerprint density at radius 2 is 1.52 bits per heavy atom. The summed E-state index contributed by atoms with van der Waals surface area (Å²) in [5.41, 5.74) is 13.5. The number of carboxylic acid groups (broad SMARTS) is 2. The zero-order valence-corrected chi connectivity index (χ0v) is 24.5. The number of fused-ring (bicyclic) bond motifs is 1. The zero-order chi connectivity index (χ0) is 34.8. The number of nitrogens with zero attached hydrogens (tertiary/aromatic N) is 3. The summed E-state index contributed by atoms with van der Waals surface area (Å²) in [5, 5.41) is 21.9. The first-order chi connectivity index (χ1) is 21.3. The van der Waals surface area contributed by atoms with E-state index in [2.05, 4.69) is 25.6 Å². The minimum atomic E-state index is -5.08. The van der Waals surface area contributed by atoms with Gasteiger partial charge in [0.25, 0.3) is 5.91 Å². The van der Waals surface area contributed by atoms with E-state index in [4.69, 9.17) is 42.9 Å². The molecule has 1 aliphatic rings. The monoisotopic (exact) mass is 679 g/mol. The van der Waals surface area contributed by atoms with E-state index in [9.17, 15) is 31.1 Å². The highest BCUT2D eigenvalue weighted by atomic mass is 35.5. The number of halogens is 7. The van der Waals surface area contributed by atoms with Crippen LogP contribution in [0.4, 0.5) is 38.1 Å². The van der Waals surface area contributed by atoms with Gasteiger partial charge in [0, 0.05) is 16.0 Å². The Balaban J connectivity index is 0.000000440. The highest BCUT2D eigenvalue weighted by Crippen LogP contribution is 2.29. The number of amides is 1. The number of anilines is 2. The molecule has 2 atom stereocenters. The summed E-state index contributed by atoms with van der Waals surface area (Å²) >= 11 is 6.02. The summed E-state index contributed by atoms with van der Waals surface area (Å²) in [6.45, 7) is 2.01. The molecule has 46 heavy (non-hydrogen) atoms. The van der Waals surface area contributed by atoms with E-state index in [1.54, 1.807) is 24.3 Å². The molecule has 250 valence electrons. The molecule has 4 rings (SSSR count). The number of aliphatic imine (C=N–C) groups is 1. The third-order valence-electron chi connectivity index (χ3n) is 6.01. The number of carboxylic acids is 2. The summed E-state index contributed by atoms with van der Waals surface area (Å²) < 4.78 is 63.5. The first kappa shape index (κ1) is 37.3. The molecule has 0 spiro atoms. The van der Waals surface area contributed by atoms with E-state index in [0.717, 1.165) is 42.1 Å². The number of aryl methyl sites for hydroxylation is 1. The lowest BCUT2D eigenvalue weighted by atomic mass is 9.90.